The molecule has 0 saturated carbocycles. The molecule has 0 bridgehead atoms. The summed E-state index contributed by atoms with van der Waals surface area (Å²) in [7, 11) is 0. The summed E-state index contributed by atoms with van der Waals surface area (Å²) in [5.41, 5.74) is -3.06. The molecule has 3 aromatic carbocycles. The summed E-state index contributed by atoms with van der Waals surface area (Å²) in [4.78, 5) is 49.2. The van der Waals surface area contributed by atoms with Crippen molar-refractivity contribution in [3.63, 3.8) is 0 Å². The van der Waals surface area contributed by atoms with Crippen LogP contribution in [0.5, 0.6) is 0 Å². The summed E-state index contributed by atoms with van der Waals surface area (Å²) >= 11 is 0. The third-order valence-electron chi connectivity index (χ3n) is 5.97. The largest absolute Gasteiger partial charge is 0.478 e. The van der Waals surface area contributed by atoms with Crippen LogP contribution in [0.1, 0.15) is 56.2 Å². The zero-order chi connectivity index (χ0) is 30.8. The first-order valence-electron chi connectivity index (χ1n) is 12.1. The number of halogens is 3. The molecule has 214 valence electrons. The maximum absolute atomic E-state index is 14.1. The molecule has 0 fully saturated rings. The van der Waals surface area contributed by atoms with Crippen LogP contribution in [0.3, 0.4) is 0 Å². The third kappa shape index (κ3) is 5.89. The number of hydrogen-bond acceptors (Lipinski definition) is 7. The number of anilines is 2. The number of hydrogen-bond donors (Lipinski definition) is 4. The van der Waals surface area contributed by atoms with Gasteiger partial charge in [-0.15, -0.1) is 0 Å². The third-order valence-corrected chi connectivity index (χ3v) is 5.97. The van der Waals surface area contributed by atoms with Crippen molar-refractivity contribution in [3.8, 4) is 17.2 Å². The molecule has 4 rings (SSSR count). The highest BCUT2D eigenvalue weighted by Gasteiger charge is 2.35. The van der Waals surface area contributed by atoms with Crippen LogP contribution in [0.4, 0.5) is 24.5 Å². The summed E-state index contributed by atoms with van der Waals surface area (Å²) < 4.78 is 47.7. The van der Waals surface area contributed by atoms with Crippen molar-refractivity contribution in [3.05, 3.63) is 76.5 Å². The molecule has 4 N–H and O–H groups in total. The molecule has 14 heteroatoms. The number of carbonyl (C=O) groups is 4. The fourth-order valence-corrected chi connectivity index (χ4v) is 4.19. The van der Waals surface area contributed by atoms with E-state index in [0.717, 1.165) is 37.3 Å². The molecule has 11 nitrogen and oxygen atoms in total. The monoisotopic (exact) mass is 579 g/mol. The van der Waals surface area contributed by atoms with Gasteiger partial charge in [-0.1, -0.05) is 11.2 Å². The summed E-state index contributed by atoms with van der Waals surface area (Å²) in [6.45, 7) is 2.89. The normalized spacial score (nSPS) is 11.0. The van der Waals surface area contributed by atoms with Crippen molar-refractivity contribution >= 4 is 46.0 Å². The zero-order valence-corrected chi connectivity index (χ0v) is 21.8. The number of rotatable bonds is 7. The Labute approximate surface area is 234 Å². The molecule has 0 aliphatic heterocycles. The van der Waals surface area contributed by atoms with Gasteiger partial charge in [0, 0.05) is 24.7 Å². The lowest BCUT2D eigenvalue weighted by molar-refractivity contribution is -0.137. The van der Waals surface area contributed by atoms with Crippen LogP contribution in [0.25, 0.3) is 22.1 Å². The van der Waals surface area contributed by atoms with E-state index < -0.39 is 41.0 Å². The molecular weight excluding hydrogens is 559 g/mol. The van der Waals surface area contributed by atoms with Crippen LogP contribution in [0, 0.1) is 11.3 Å². The summed E-state index contributed by atoms with van der Waals surface area (Å²) in [6.07, 6.45) is -4.88. The molecule has 4 aromatic rings. The topological polar surface area (TPSA) is 174 Å². The molecule has 0 aliphatic carbocycles. The number of aromatic carboxylic acids is 1. The molecule has 1 aromatic heterocycles. The Kier molecular flexibility index (Phi) is 7.96. The van der Waals surface area contributed by atoms with E-state index in [-0.39, 0.29) is 56.8 Å². The zero-order valence-electron chi connectivity index (χ0n) is 21.8. The predicted molar refractivity (Wildman–Crippen MR) is 143 cm³/mol. The van der Waals surface area contributed by atoms with E-state index in [9.17, 15) is 37.5 Å². The number of nitriles is 1. The van der Waals surface area contributed by atoms with Crippen molar-refractivity contribution in [2.45, 2.75) is 20.0 Å². The predicted octanol–water partition coefficient (Wildman–Crippen LogP) is 5.04. The molecular formula is C28H20F3N5O6. The van der Waals surface area contributed by atoms with E-state index >= 15 is 0 Å². The molecule has 3 amide bonds. The lowest BCUT2D eigenvalue weighted by atomic mass is 9.92. The van der Waals surface area contributed by atoms with Crippen molar-refractivity contribution in [2.24, 2.45) is 0 Å². The highest BCUT2D eigenvalue weighted by Crippen LogP contribution is 2.41. The highest BCUT2D eigenvalue weighted by molar-refractivity contribution is 6.15. The number of carboxylic acid groups (broad SMARTS) is 1. The highest BCUT2D eigenvalue weighted by atomic mass is 19.4. The number of nitrogens with one attached hydrogen (secondary N) is 3. The number of fused-ring (bicyclic) bond motifs is 1. The lowest BCUT2D eigenvalue weighted by Gasteiger charge is -2.17. The summed E-state index contributed by atoms with van der Waals surface area (Å²) in [5.74, 6) is -3.68. The SMILES string of the molecule is CCNC(=O)c1cc2c(C(=O)Nc3ccc(C#N)cc3C(=O)O)noc2cc1-c1ccc(NC(C)=O)cc1C(F)(F)F. The van der Waals surface area contributed by atoms with E-state index in [4.69, 9.17) is 9.78 Å². The quantitative estimate of drug-likeness (QED) is 0.235. The van der Waals surface area contributed by atoms with Gasteiger partial charge < -0.3 is 25.6 Å². The Hall–Kier alpha value is -5.71. The minimum absolute atomic E-state index is 0.0357. The molecule has 0 spiro atoms. The maximum Gasteiger partial charge on any atom is 0.417 e. The number of nitrogens with zero attached hydrogens (tertiary/aromatic N) is 2. The van der Waals surface area contributed by atoms with Crippen molar-refractivity contribution < 1.29 is 42.0 Å². The average Bonchev–Trinajstić information content (AvgIpc) is 3.35. The van der Waals surface area contributed by atoms with Gasteiger partial charge in [-0.2, -0.15) is 18.4 Å². The molecule has 0 radical (unpaired) electrons. The Morgan fingerprint density at radius 2 is 1.71 bits per heavy atom. The molecule has 0 unspecified atom stereocenters. The number of carboxylic acids is 1. The van der Waals surface area contributed by atoms with Crippen LogP contribution in [-0.2, 0) is 11.0 Å². The molecule has 0 atom stereocenters. The summed E-state index contributed by atoms with van der Waals surface area (Å²) in [6, 6.07) is 10.7. The second-order valence-corrected chi connectivity index (χ2v) is 8.86. The minimum atomic E-state index is -4.88. The molecule has 42 heavy (non-hydrogen) atoms. The van der Waals surface area contributed by atoms with Crippen LogP contribution in [0.15, 0.2) is 53.1 Å². The Balaban J connectivity index is 1.86. The lowest BCUT2D eigenvalue weighted by Crippen LogP contribution is -2.23. The first-order valence-corrected chi connectivity index (χ1v) is 12.1. The van der Waals surface area contributed by atoms with Crippen LogP contribution in [-0.4, -0.2) is 40.5 Å². The van der Waals surface area contributed by atoms with E-state index in [1.807, 2.05) is 0 Å². The minimum Gasteiger partial charge on any atom is -0.478 e. The van der Waals surface area contributed by atoms with Crippen molar-refractivity contribution in [1.29, 1.82) is 5.26 Å². The van der Waals surface area contributed by atoms with Gasteiger partial charge in [0.1, 0.15) is 0 Å². The van der Waals surface area contributed by atoms with Gasteiger partial charge >= 0.3 is 12.1 Å². The Morgan fingerprint density at radius 3 is 2.33 bits per heavy atom. The number of aromatic nitrogens is 1. The Morgan fingerprint density at radius 1 is 0.976 bits per heavy atom. The van der Waals surface area contributed by atoms with E-state index in [0.29, 0.717) is 0 Å². The number of amides is 3. The van der Waals surface area contributed by atoms with Gasteiger partial charge in [0.05, 0.1) is 33.8 Å². The first-order chi connectivity index (χ1) is 19.8. The molecule has 1 heterocycles. The summed E-state index contributed by atoms with van der Waals surface area (Å²) in [5, 5.41) is 29.4. The van der Waals surface area contributed by atoms with Gasteiger partial charge in [-0.3, -0.25) is 14.4 Å². The van der Waals surface area contributed by atoms with Gasteiger partial charge in [0.2, 0.25) is 5.91 Å². The fourth-order valence-electron chi connectivity index (χ4n) is 4.19. The number of carbonyl (C=O) groups excluding carboxylic acids is 3. The second kappa shape index (κ2) is 11.4. The number of alkyl halides is 3. The standard InChI is InChI=1S/C28H20F3N5O6/c1-3-33-25(38)18-10-20-23(11-17(18)16-6-5-15(34-13(2)37)9-21(16)28(29,30)31)42-36-24(20)26(39)35-22-7-4-14(12-32)8-19(22)27(40)41/h4-11H,3H2,1-2H3,(H,33,38)(H,34,37)(H,35,39)(H,40,41). The van der Waals surface area contributed by atoms with Gasteiger partial charge in [-0.25, -0.2) is 4.79 Å². The van der Waals surface area contributed by atoms with Gasteiger partial charge in [0.25, 0.3) is 11.8 Å². The second-order valence-electron chi connectivity index (χ2n) is 8.86. The van der Waals surface area contributed by atoms with E-state index in [1.54, 1.807) is 13.0 Å². The molecule has 0 aliphatic rings. The van der Waals surface area contributed by atoms with Crippen LogP contribution >= 0.6 is 0 Å². The van der Waals surface area contributed by atoms with Crippen LogP contribution in [0.2, 0.25) is 0 Å². The van der Waals surface area contributed by atoms with Gasteiger partial charge in [0.15, 0.2) is 11.3 Å². The maximum atomic E-state index is 14.1. The fraction of sp³-hybridized carbons (Fsp3) is 0.143. The smallest absolute Gasteiger partial charge is 0.417 e. The Bertz CT molecular complexity index is 1810. The van der Waals surface area contributed by atoms with Crippen molar-refractivity contribution in [2.75, 3.05) is 17.2 Å². The molecule has 0 saturated heterocycles. The van der Waals surface area contributed by atoms with E-state index in [1.165, 1.54) is 18.2 Å². The van der Waals surface area contributed by atoms with Crippen LogP contribution < -0.4 is 16.0 Å². The van der Waals surface area contributed by atoms with Gasteiger partial charge in [-0.05, 0) is 60.5 Å². The average molecular weight is 579 g/mol. The number of benzene rings is 3. The van der Waals surface area contributed by atoms with Crippen molar-refractivity contribution in [1.82, 2.24) is 10.5 Å². The first kappa shape index (κ1) is 29.3. The van der Waals surface area contributed by atoms with E-state index in [2.05, 4.69) is 21.1 Å².